The first-order chi connectivity index (χ1) is 12.9. The van der Waals surface area contributed by atoms with Crippen molar-refractivity contribution < 1.29 is 14.3 Å². The van der Waals surface area contributed by atoms with Gasteiger partial charge in [0.2, 0.25) is 0 Å². The van der Waals surface area contributed by atoms with Crippen LogP contribution in [0.1, 0.15) is 53.5 Å². The number of hydrogen-bond acceptors (Lipinski definition) is 3. The molecule has 27 heavy (non-hydrogen) atoms. The highest BCUT2D eigenvalue weighted by atomic mass is 16.5. The van der Waals surface area contributed by atoms with Gasteiger partial charge < -0.3 is 14.2 Å². The van der Waals surface area contributed by atoms with Gasteiger partial charge in [-0.05, 0) is 65.2 Å². The molecule has 1 saturated heterocycles. The van der Waals surface area contributed by atoms with Crippen LogP contribution in [-0.4, -0.2) is 40.5 Å². The average molecular weight is 368 g/mol. The molecular weight excluding hydrogens is 340 g/mol. The summed E-state index contributed by atoms with van der Waals surface area (Å²) < 4.78 is 7.38. The number of esters is 1. The molecule has 5 nitrogen and oxygen atoms in total. The maximum Gasteiger partial charge on any atom is 0.340 e. The molecule has 1 amide bonds. The van der Waals surface area contributed by atoms with Crippen molar-refractivity contribution in [3.63, 3.8) is 0 Å². The Kier molecular flexibility index (Phi) is 5.68. The number of amides is 1. The zero-order chi connectivity index (χ0) is 19.6. The van der Waals surface area contributed by atoms with Gasteiger partial charge in [0.1, 0.15) is 0 Å². The molecule has 1 aromatic heterocycles. The van der Waals surface area contributed by atoms with Crippen LogP contribution in [0, 0.1) is 20.8 Å². The average Bonchev–Trinajstić information content (AvgIpc) is 2.95. The summed E-state index contributed by atoms with van der Waals surface area (Å²) in [6, 6.07) is 10.2. The lowest BCUT2D eigenvalue weighted by Crippen LogP contribution is -2.44. The van der Waals surface area contributed by atoms with Crippen LogP contribution in [0.15, 0.2) is 30.3 Å². The van der Waals surface area contributed by atoms with Gasteiger partial charge in [0.05, 0.1) is 5.56 Å². The number of carbonyl (C=O) groups is 2. The van der Waals surface area contributed by atoms with Crippen molar-refractivity contribution in [3.8, 4) is 5.69 Å². The maximum atomic E-state index is 12.6. The molecule has 0 saturated carbocycles. The number of rotatable bonds is 4. The van der Waals surface area contributed by atoms with E-state index in [2.05, 4.69) is 0 Å². The zero-order valence-electron chi connectivity index (χ0n) is 16.6. The molecule has 1 aliphatic heterocycles. The molecule has 1 aromatic carbocycles. The number of aryl methyl sites for hydroxylation is 2. The Morgan fingerprint density at radius 3 is 2.48 bits per heavy atom. The van der Waals surface area contributed by atoms with Crippen LogP contribution >= 0.6 is 0 Å². The van der Waals surface area contributed by atoms with Crippen LogP contribution in [0.2, 0.25) is 0 Å². The van der Waals surface area contributed by atoms with Crippen molar-refractivity contribution >= 4 is 11.9 Å². The van der Waals surface area contributed by atoms with Crippen molar-refractivity contribution in [2.24, 2.45) is 0 Å². The highest BCUT2D eigenvalue weighted by molar-refractivity contribution is 5.93. The summed E-state index contributed by atoms with van der Waals surface area (Å²) in [5, 5.41) is 0. The molecule has 2 aromatic rings. The molecule has 0 spiro atoms. The van der Waals surface area contributed by atoms with Gasteiger partial charge in [-0.1, -0.05) is 17.7 Å². The van der Waals surface area contributed by atoms with Crippen LogP contribution in [-0.2, 0) is 9.53 Å². The highest BCUT2D eigenvalue weighted by Crippen LogP contribution is 2.22. The number of carbonyl (C=O) groups excluding carboxylic acids is 2. The second kappa shape index (κ2) is 7.99. The van der Waals surface area contributed by atoms with E-state index in [9.17, 15) is 9.59 Å². The van der Waals surface area contributed by atoms with E-state index in [1.165, 1.54) is 5.56 Å². The molecule has 1 fully saturated rings. The summed E-state index contributed by atoms with van der Waals surface area (Å²) in [5.74, 6) is -0.553. The van der Waals surface area contributed by atoms with Crippen molar-refractivity contribution in [2.45, 2.75) is 53.0 Å². The smallest absolute Gasteiger partial charge is 0.340 e. The first-order valence-electron chi connectivity index (χ1n) is 9.61. The number of aromatic nitrogens is 1. The van der Waals surface area contributed by atoms with Gasteiger partial charge in [-0.3, -0.25) is 4.79 Å². The summed E-state index contributed by atoms with van der Waals surface area (Å²) in [6.45, 7) is 8.51. The summed E-state index contributed by atoms with van der Waals surface area (Å²) in [5.41, 5.74) is 4.48. The Morgan fingerprint density at radius 1 is 1.11 bits per heavy atom. The van der Waals surface area contributed by atoms with E-state index in [1.807, 2.05) is 67.5 Å². The van der Waals surface area contributed by atoms with Gasteiger partial charge in [0.15, 0.2) is 6.61 Å². The summed E-state index contributed by atoms with van der Waals surface area (Å²) in [4.78, 5) is 26.8. The Bertz CT molecular complexity index is 836. The van der Waals surface area contributed by atoms with E-state index < -0.39 is 5.97 Å². The second-order valence-corrected chi connectivity index (χ2v) is 7.46. The summed E-state index contributed by atoms with van der Waals surface area (Å²) in [6.07, 6.45) is 3.18. The molecule has 1 aliphatic rings. The number of piperidine rings is 1. The first kappa shape index (κ1) is 19.2. The maximum absolute atomic E-state index is 12.6. The molecule has 0 unspecified atom stereocenters. The van der Waals surface area contributed by atoms with Crippen LogP contribution in [0.25, 0.3) is 5.69 Å². The minimum absolute atomic E-state index is 0.108. The monoisotopic (exact) mass is 368 g/mol. The molecule has 0 N–H and O–H groups in total. The Morgan fingerprint density at radius 2 is 1.81 bits per heavy atom. The normalized spacial score (nSPS) is 17.0. The van der Waals surface area contributed by atoms with Crippen LogP contribution in [0.4, 0.5) is 0 Å². The van der Waals surface area contributed by atoms with Gasteiger partial charge in [0, 0.05) is 29.7 Å². The molecule has 3 rings (SSSR count). The molecule has 0 radical (unpaired) electrons. The second-order valence-electron chi connectivity index (χ2n) is 7.46. The highest BCUT2D eigenvalue weighted by Gasteiger charge is 2.25. The predicted molar refractivity (Wildman–Crippen MR) is 105 cm³/mol. The SMILES string of the molecule is Cc1ccc(-n2c(C)cc(C(=O)OCC(=O)N3CCCC[C@@H]3C)c2C)cc1. The van der Waals surface area contributed by atoms with Crippen molar-refractivity contribution in [2.75, 3.05) is 13.2 Å². The van der Waals surface area contributed by atoms with Gasteiger partial charge in [-0.15, -0.1) is 0 Å². The number of hydrogen-bond donors (Lipinski definition) is 0. The third kappa shape index (κ3) is 4.07. The van der Waals surface area contributed by atoms with Crippen molar-refractivity contribution in [1.29, 1.82) is 0 Å². The Hall–Kier alpha value is -2.56. The van der Waals surface area contributed by atoms with Gasteiger partial charge >= 0.3 is 5.97 Å². The minimum atomic E-state index is -0.445. The molecule has 0 bridgehead atoms. The van der Waals surface area contributed by atoms with Gasteiger partial charge in [-0.2, -0.15) is 0 Å². The lowest BCUT2D eigenvalue weighted by Gasteiger charge is -2.33. The standard InChI is InChI=1S/C22H28N2O3/c1-15-8-10-19(11-9-15)24-17(3)13-20(18(24)4)22(26)27-14-21(25)23-12-6-5-7-16(23)2/h8-11,13,16H,5-7,12,14H2,1-4H3/t16-/m0/s1. The number of ether oxygens (including phenoxy) is 1. The van der Waals surface area contributed by atoms with E-state index in [0.29, 0.717) is 5.56 Å². The third-order valence-corrected chi connectivity index (χ3v) is 5.39. The van der Waals surface area contributed by atoms with Gasteiger partial charge in [-0.25, -0.2) is 4.79 Å². The van der Waals surface area contributed by atoms with E-state index in [1.54, 1.807) is 0 Å². The topological polar surface area (TPSA) is 51.5 Å². The minimum Gasteiger partial charge on any atom is -0.452 e. The molecule has 5 heteroatoms. The Labute approximate surface area is 160 Å². The summed E-state index contributed by atoms with van der Waals surface area (Å²) >= 11 is 0. The molecule has 144 valence electrons. The predicted octanol–water partition coefficient (Wildman–Crippen LogP) is 3.96. The van der Waals surface area contributed by atoms with Gasteiger partial charge in [0.25, 0.3) is 5.91 Å². The number of nitrogens with zero attached hydrogens (tertiary/aromatic N) is 2. The fraction of sp³-hybridized carbons (Fsp3) is 0.455. The molecule has 0 aliphatic carbocycles. The zero-order valence-corrected chi connectivity index (χ0v) is 16.6. The fourth-order valence-corrected chi connectivity index (χ4v) is 3.82. The lowest BCUT2D eigenvalue weighted by molar-refractivity contribution is -0.137. The largest absolute Gasteiger partial charge is 0.452 e. The molecule has 2 heterocycles. The van der Waals surface area contributed by atoms with Crippen LogP contribution in [0.5, 0.6) is 0 Å². The van der Waals surface area contributed by atoms with E-state index in [0.717, 1.165) is 42.9 Å². The van der Waals surface area contributed by atoms with E-state index in [4.69, 9.17) is 4.74 Å². The van der Waals surface area contributed by atoms with E-state index >= 15 is 0 Å². The van der Waals surface area contributed by atoms with Crippen molar-refractivity contribution in [3.05, 3.63) is 52.8 Å². The quantitative estimate of drug-likeness (QED) is 0.768. The molecular formula is C22H28N2O3. The first-order valence-corrected chi connectivity index (χ1v) is 9.61. The number of likely N-dealkylation sites (tertiary alicyclic amines) is 1. The van der Waals surface area contributed by atoms with E-state index in [-0.39, 0.29) is 18.6 Å². The van der Waals surface area contributed by atoms with Crippen LogP contribution < -0.4 is 0 Å². The lowest BCUT2D eigenvalue weighted by atomic mass is 10.0. The third-order valence-electron chi connectivity index (χ3n) is 5.39. The Balaban J connectivity index is 1.71. The van der Waals surface area contributed by atoms with Crippen LogP contribution in [0.3, 0.4) is 0 Å². The molecule has 1 atom stereocenters. The summed E-state index contributed by atoms with van der Waals surface area (Å²) in [7, 11) is 0. The van der Waals surface area contributed by atoms with Crippen molar-refractivity contribution in [1.82, 2.24) is 9.47 Å². The number of benzene rings is 1. The fourth-order valence-electron chi connectivity index (χ4n) is 3.82.